The van der Waals surface area contributed by atoms with Gasteiger partial charge >= 0.3 is 0 Å². The first kappa shape index (κ1) is 10.6. The molecule has 3 heterocycles. The molecule has 0 aliphatic carbocycles. The van der Waals surface area contributed by atoms with Crippen LogP contribution in [0.15, 0.2) is 18.2 Å². The van der Waals surface area contributed by atoms with E-state index in [9.17, 15) is 0 Å². The van der Waals surface area contributed by atoms with Crippen molar-refractivity contribution in [3.63, 3.8) is 0 Å². The zero-order valence-corrected chi connectivity index (χ0v) is 11.0. The molecule has 2 heteroatoms. The Bertz CT molecular complexity index is 603. The van der Waals surface area contributed by atoms with E-state index in [-0.39, 0.29) is 0 Å². The summed E-state index contributed by atoms with van der Waals surface area (Å²) in [7, 11) is 0. The molecule has 1 aromatic heterocycles. The smallest absolute Gasteiger partial charge is 0.0518 e. The van der Waals surface area contributed by atoms with Gasteiger partial charge in [-0.3, -0.25) is 0 Å². The number of rotatable bonds is 1. The van der Waals surface area contributed by atoms with E-state index in [0.717, 1.165) is 0 Å². The highest BCUT2D eigenvalue weighted by Crippen LogP contribution is 2.38. The first-order valence-electron chi connectivity index (χ1n) is 7.20. The fourth-order valence-corrected chi connectivity index (χ4v) is 3.92. The molecule has 94 valence electrons. The van der Waals surface area contributed by atoms with Crippen LogP contribution in [0.5, 0.6) is 0 Å². The maximum Gasteiger partial charge on any atom is 0.0518 e. The zero-order chi connectivity index (χ0) is 12.1. The van der Waals surface area contributed by atoms with Crippen molar-refractivity contribution in [3.8, 4) is 0 Å². The molecule has 4 rings (SSSR count). The molecule has 2 aliphatic rings. The Labute approximate surface area is 108 Å². The van der Waals surface area contributed by atoms with Crippen molar-refractivity contribution in [1.82, 2.24) is 9.88 Å². The van der Waals surface area contributed by atoms with Crippen molar-refractivity contribution in [1.29, 1.82) is 0 Å². The topological polar surface area (TPSA) is 17.0 Å². The van der Waals surface area contributed by atoms with Crippen molar-refractivity contribution >= 4 is 10.9 Å². The first-order chi connectivity index (χ1) is 8.86. The summed E-state index contributed by atoms with van der Waals surface area (Å²) in [4.78, 5) is 0. The second-order valence-electron chi connectivity index (χ2n) is 5.72. The number of para-hydroxylation sites is 1. The normalized spacial score (nSPS) is 22.8. The first-order valence-corrected chi connectivity index (χ1v) is 7.20. The maximum atomic E-state index is 3.67. The molecule has 0 bridgehead atoms. The van der Waals surface area contributed by atoms with Crippen LogP contribution in [0.1, 0.15) is 42.1 Å². The minimum absolute atomic E-state index is 0.585. The van der Waals surface area contributed by atoms with Gasteiger partial charge in [0, 0.05) is 23.7 Å². The SMILES string of the molecule is Cc1c(C2CCCN2)c2cccc3c2n1CCC3. The number of aromatic nitrogens is 1. The largest absolute Gasteiger partial charge is 0.344 e. The van der Waals surface area contributed by atoms with Crippen LogP contribution in [-0.2, 0) is 13.0 Å². The number of hydrogen-bond acceptors (Lipinski definition) is 1. The third-order valence-electron chi connectivity index (χ3n) is 4.71. The van der Waals surface area contributed by atoms with Crippen LogP contribution in [0.3, 0.4) is 0 Å². The zero-order valence-electron chi connectivity index (χ0n) is 11.0. The second kappa shape index (κ2) is 3.86. The highest BCUT2D eigenvalue weighted by Gasteiger charge is 2.26. The van der Waals surface area contributed by atoms with E-state index < -0.39 is 0 Å². The van der Waals surface area contributed by atoms with Crippen LogP contribution < -0.4 is 5.32 Å². The van der Waals surface area contributed by atoms with Crippen LogP contribution in [0.2, 0.25) is 0 Å². The molecular weight excluding hydrogens is 220 g/mol. The molecular formula is C16H20N2. The minimum atomic E-state index is 0.585. The fourth-order valence-electron chi connectivity index (χ4n) is 3.92. The van der Waals surface area contributed by atoms with Gasteiger partial charge in [0.15, 0.2) is 0 Å². The second-order valence-corrected chi connectivity index (χ2v) is 5.72. The predicted molar refractivity (Wildman–Crippen MR) is 75.0 cm³/mol. The van der Waals surface area contributed by atoms with Crippen molar-refractivity contribution in [2.45, 2.75) is 45.2 Å². The van der Waals surface area contributed by atoms with E-state index in [1.165, 1.54) is 55.4 Å². The Kier molecular flexibility index (Phi) is 2.28. The summed E-state index contributed by atoms with van der Waals surface area (Å²) in [6, 6.07) is 7.46. The molecule has 1 atom stereocenters. The highest BCUT2D eigenvalue weighted by molar-refractivity contribution is 5.89. The molecule has 0 saturated carbocycles. The van der Waals surface area contributed by atoms with Gasteiger partial charge < -0.3 is 9.88 Å². The molecule has 18 heavy (non-hydrogen) atoms. The van der Waals surface area contributed by atoms with Crippen LogP contribution in [-0.4, -0.2) is 11.1 Å². The number of aryl methyl sites for hydroxylation is 2. The number of hydrogen-bond donors (Lipinski definition) is 1. The summed E-state index contributed by atoms with van der Waals surface area (Å²) in [5.41, 5.74) is 6.14. The van der Waals surface area contributed by atoms with Crippen molar-refractivity contribution in [2.75, 3.05) is 6.54 Å². The lowest BCUT2D eigenvalue weighted by molar-refractivity contribution is 0.604. The number of nitrogens with zero attached hydrogens (tertiary/aromatic N) is 1. The van der Waals surface area contributed by atoms with Crippen LogP contribution in [0.4, 0.5) is 0 Å². The van der Waals surface area contributed by atoms with Crippen LogP contribution >= 0.6 is 0 Å². The molecule has 2 aliphatic heterocycles. The van der Waals surface area contributed by atoms with Gasteiger partial charge in [-0.1, -0.05) is 18.2 Å². The molecule has 0 amide bonds. The lowest BCUT2D eigenvalue weighted by atomic mass is 9.99. The molecule has 1 unspecified atom stereocenters. The van der Waals surface area contributed by atoms with Gasteiger partial charge in [0.1, 0.15) is 0 Å². The summed E-state index contributed by atoms with van der Waals surface area (Å²) >= 11 is 0. The predicted octanol–water partition coefficient (Wildman–Crippen LogP) is 3.32. The molecule has 1 fully saturated rings. The van der Waals surface area contributed by atoms with Crippen molar-refractivity contribution < 1.29 is 0 Å². The molecule has 1 saturated heterocycles. The lowest BCUT2D eigenvalue weighted by Gasteiger charge is -2.16. The Morgan fingerprint density at radius 2 is 2.22 bits per heavy atom. The van der Waals surface area contributed by atoms with Gasteiger partial charge in [-0.25, -0.2) is 0 Å². The molecule has 1 N–H and O–H groups in total. The molecule has 2 nitrogen and oxygen atoms in total. The molecule has 2 aromatic rings. The summed E-state index contributed by atoms with van der Waals surface area (Å²) in [6.45, 7) is 4.69. The standard InChI is InChI=1S/C16H20N2/c1-11-15(14-8-3-9-17-14)13-7-2-5-12-6-4-10-18(11)16(12)13/h2,5,7,14,17H,3-4,6,8-10H2,1H3. The third-order valence-corrected chi connectivity index (χ3v) is 4.71. The molecule has 1 aromatic carbocycles. The number of nitrogens with one attached hydrogen (secondary N) is 1. The van der Waals surface area contributed by atoms with Gasteiger partial charge in [-0.15, -0.1) is 0 Å². The average Bonchev–Trinajstić information content (AvgIpc) is 3.00. The molecule has 0 spiro atoms. The van der Waals surface area contributed by atoms with E-state index in [1.807, 2.05) is 0 Å². The third kappa shape index (κ3) is 1.33. The van der Waals surface area contributed by atoms with Gasteiger partial charge in [-0.2, -0.15) is 0 Å². The summed E-state index contributed by atoms with van der Waals surface area (Å²) in [5.74, 6) is 0. The maximum absolute atomic E-state index is 3.67. The van der Waals surface area contributed by atoms with Gasteiger partial charge in [0.2, 0.25) is 0 Å². The number of benzene rings is 1. The van der Waals surface area contributed by atoms with Gasteiger partial charge in [0.05, 0.1) is 5.52 Å². The summed E-state index contributed by atoms with van der Waals surface area (Å²) in [6.07, 6.45) is 5.15. The average molecular weight is 240 g/mol. The van der Waals surface area contributed by atoms with E-state index in [1.54, 1.807) is 11.1 Å². The summed E-state index contributed by atoms with van der Waals surface area (Å²) in [5, 5.41) is 5.17. The summed E-state index contributed by atoms with van der Waals surface area (Å²) < 4.78 is 2.56. The van der Waals surface area contributed by atoms with Gasteiger partial charge in [0.25, 0.3) is 0 Å². The Hall–Kier alpha value is -1.28. The van der Waals surface area contributed by atoms with Crippen molar-refractivity contribution in [2.24, 2.45) is 0 Å². The quantitative estimate of drug-likeness (QED) is 0.809. The fraction of sp³-hybridized carbons (Fsp3) is 0.500. The van der Waals surface area contributed by atoms with Gasteiger partial charge in [-0.05, 0) is 50.3 Å². The monoisotopic (exact) mass is 240 g/mol. The van der Waals surface area contributed by atoms with E-state index in [2.05, 4.69) is 35.0 Å². The van der Waals surface area contributed by atoms with E-state index in [0.29, 0.717) is 6.04 Å². The Morgan fingerprint density at radius 1 is 1.28 bits per heavy atom. The lowest BCUT2D eigenvalue weighted by Crippen LogP contribution is -2.14. The highest BCUT2D eigenvalue weighted by atomic mass is 15.0. The van der Waals surface area contributed by atoms with Crippen LogP contribution in [0.25, 0.3) is 10.9 Å². The molecule has 0 radical (unpaired) electrons. The van der Waals surface area contributed by atoms with E-state index >= 15 is 0 Å². The Balaban J connectivity index is 2.03. The van der Waals surface area contributed by atoms with E-state index in [4.69, 9.17) is 0 Å². The van der Waals surface area contributed by atoms with Crippen LogP contribution in [0, 0.1) is 6.92 Å². The minimum Gasteiger partial charge on any atom is -0.344 e. The van der Waals surface area contributed by atoms with Crippen molar-refractivity contribution in [3.05, 3.63) is 35.0 Å². The Morgan fingerprint density at radius 3 is 3.06 bits per heavy atom.